The normalized spacial score (nSPS) is 18.6. The standard InChI is InChI=1S/C11H23NS2/c1-13-8-4-2-3-7-12-11-5-9-14-10-6-11/h11-12H,2-10H2,1H3. The Balaban J connectivity index is 1.82. The molecule has 3 heteroatoms. The second kappa shape index (κ2) is 8.93. The molecule has 0 spiro atoms. The summed E-state index contributed by atoms with van der Waals surface area (Å²) in [6.45, 7) is 1.24. The lowest BCUT2D eigenvalue weighted by molar-refractivity contribution is 0.471. The Bertz CT molecular complexity index is 124. The van der Waals surface area contributed by atoms with E-state index in [1.807, 2.05) is 11.8 Å². The molecule has 1 aliphatic rings. The summed E-state index contributed by atoms with van der Waals surface area (Å²) in [5, 5.41) is 3.68. The van der Waals surface area contributed by atoms with Gasteiger partial charge in [0.1, 0.15) is 0 Å². The van der Waals surface area contributed by atoms with Crippen molar-refractivity contribution in [3.05, 3.63) is 0 Å². The van der Waals surface area contributed by atoms with Gasteiger partial charge in [-0.1, -0.05) is 6.42 Å². The zero-order chi connectivity index (χ0) is 10.1. The molecule has 84 valence electrons. The van der Waals surface area contributed by atoms with Gasteiger partial charge in [-0.25, -0.2) is 0 Å². The molecule has 1 rings (SSSR count). The summed E-state index contributed by atoms with van der Waals surface area (Å²) in [7, 11) is 0. The zero-order valence-electron chi connectivity index (χ0n) is 9.26. The molecule has 0 atom stereocenters. The highest BCUT2D eigenvalue weighted by Gasteiger charge is 2.11. The van der Waals surface area contributed by atoms with Crippen LogP contribution < -0.4 is 5.32 Å². The number of unbranched alkanes of at least 4 members (excludes halogenated alkanes) is 2. The monoisotopic (exact) mass is 233 g/mol. The summed E-state index contributed by atoms with van der Waals surface area (Å²) < 4.78 is 0. The SMILES string of the molecule is CSCCCCCNC1CCSCC1. The van der Waals surface area contributed by atoms with Gasteiger partial charge in [-0.3, -0.25) is 0 Å². The first-order chi connectivity index (χ1) is 6.93. The molecule has 0 aromatic heterocycles. The minimum absolute atomic E-state index is 0.830. The van der Waals surface area contributed by atoms with Crippen LogP contribution in [0.4, 0.5) is 0 Å². The van der Waals surface area contributed by atoms with E-state index in [0.717, 1.165) is 6.04 Å². The van der Waals surface area contributed by atoms with Gasteiger partial charge in [0.2, 0.25) is 0 Å². The molecule has 1 fully saturated rings. The number of hydrogen-bond acceptors (Lipinski definition) is 3. The fraction of sp³-hybridized carbons (Fsp3) is 1.00. The largest absolute Gasteiger partial charge is 0.314 e. The van der Waals surface area contributed by atoms with E-state index in [0.29, 0.717) is 0 Å². The van der Waals surface area contributed by atoms with Crippen LogP contribution in [0.25, 0.3) is 0 Å². The van der Waals surface area contributed by atoms with E-state index in [9.17, 15) is 0 Å². The maximum Gasteiger partial charge on any atom is 0.00827 e. The van der Waals surface area contributed by atoms with Crippen LogP contribution >= 0.6 is 23.5 Å². The molecule has 0 saturated carbocycles. The molecular weight excluding hydrogens is 210 g/mol. The summed E-state index contributed by atoms with van der Waals surface area (Å²) in [4.78, 5) is 0. The molecule has 0 amide bonds. The molecular formula is C11H23NS2. The molecule has 1 N–H and O–H groups in total. The second-order valence-electron chi connectivity index (χ2n) is 3.89. The third-order valence-corrected chi connectivity index (χ3v) is 4.43. The van der Waals surface area contributed by atoms with Crippen LogP contribution in [0.5, 0.6) is 0 Å². The summed E-state index contributed by atoms with van der Waals surface area (Å²) in [6, 6.07) is 0.830. The van der Waals surface area contributed by atoms with E-state index in [4.69, 9.17) is 0 Å². The van der Waals surface area contributed by atoms with E-state index >= 15 is 0 Å². The highest BCUT2D eigenvalue weighted by Crippen LogP contribution is 2.16. The lowest BCUT2D eigenvalue weighted by Gasteiger charge is -2.22. The van der Waals surface area contributed by atoms with E-state index in [2.05, 4.69) is 23.3 Å². The van der Waals surface area contributed by atoms with Crippen LogP contribution in [-0.4, -0.2) is 36.1 Å². The Morgan fingerprint density at radius 3 is 2.71 bits per heavy atom. The van der Waals surface area contributed by atoms with Crippen LogP contribution in [0.1, 0.15) is 32.1 Å². The minimum atomic E-state index is 0.830. The molecule has 1 nitrogen and oxygen atoms in total. The maximum absolute atomic E-state index is 3.68. The topological polar surface area (TPSA) is 12.0 Å². The van der Waals surface area contributed by atoms with Gasteiger partial charge < -0.3 is 5.32 Å². The predicted molar refractivity (Wildman–Crippen MR) is 70.6 cm³/mol. The van der Waals surface area contributed by atoms with Crippen LogP contribution in [0, 0.1) is 0 Å². The van der Waals surface area contributed by atoms with Crippen molar-refractivity contribution in [1.29, 1.82) is 0 Å². The molecule has 0 radical (unpaired) electrons. The first-order valence-corrected chi connectivity index (χ1v) is 8.28. The molecule has 1 heterocycles. The van der Waals surface area contributed by atoms with Gasteiger partial charge in [0.15, 0.2) is 0 Å². The Morgan fingerprint density at radius 1 is 1.21 bits per heavy atom. The van der Waals surface area contributed by atoms with Crippen molar-refractivity contribution in [2.75, 3.05) is 30.1 Å². The Labute approximate surface area is 97.2 Å². The van der Waals surface area contributed by atoms with Gasteiger partial charge in [-0.05, 0) is 55.7 Å². The maximum atomic E-state index is 3.68. The highest BCUT2D eigenvalue weighted by molar-refractivity contribution is 7.99. The van der Waals surface area contributed by atoms with Crippen molar-refractivity contribution in [3.8, 4) is 0 Å². The van der Waals surface area contributed by atoms with Gasteiger partial charge >= 0.3 is 0 Å². The third kappa shape index (κ3) is 6.20. The first-order valence-electron chi connectivity index (χ1n) is 5.73. The Hall–Kier alpha value is 0.660. The number of hydrogen-bond donors (Lipinski definition) is 1. The van der Waals surface area contributed by atoms with Gasteiger partial charge in [-0.15, -0.1) is 0 Å². The average molecular weight is 233 g/mol. The Kier molecular flexibility index (Phi) is 8.12. The van der Waals surface area contributed by atoms with Crippen LogP contribution in [0.15, 0.2) is 0 Å². The van der Waals surface area contributed by atoms with Gasteiger partial charge in [0, 0.05) is 6.04 Å². The van der Waals surface area contributed by atoms with E-state index < -0.39 is 0 Å². The van der Waals surface area contributed by atoms with Crippen molar-refractivity contribution in [1.82, 2.24) is 5.32 Å². The second-order valence-corrected chi connectivity index (χ2v) is 6.10. The molecule has 0 bridgehead atoms. The van der Waals surface area contributed by atoms with Crippen LogP contribution in [0.2, 0.25) is 0 Å². The zero-order valence-corrected chi connectivity index (χ0v) is 10.9. The number of rotatable bonds is 7. The lowest BCUT2D eigenvalue weighted by Crippen LogP contribution is -2.33. The van der Waals surface area contributed by atoms with Crippen molar-refractivity contribution in [2.45, 2.75) is 38.1 Å². The summed E-state index contributed by atoms with van der Waals surface area (Å²) in [6.07, 6.45) is 9.12. The Morgan fingerprint density at radius 2 is 2.00 bits per heavy atom. The lowest BCUT2D eigenvalue weighted by atomic mass is 10.1. The number of thioether (sulfide) groups is 2. The van der Waals surface area contributed by atoms with E-state index in [1.54, 1.807) is 0 Å². The summed E-state index contributed by atoms with van der Waals surface area (Å²) in [5.41, 5.74) is 0. The van der Waals surface area contributed by atoms with Gasteiger partial charge in [-0.2, -0.15) is 23.5 Å². The third-order valence-electron chi connectivity index (χ3n) is 2.68. The molecule has 0 aliphatic carbocycles. The molecule has 1 saturated heterocycles. The van der Waals surface area contributed by atoms with Crippen molar-refractivity contribution >= 4 is 23.5 Å². The molecule has 1 aliphatic heterocycles. The minimum Gasteiger partial charge on any atom is -0.314 e. The molecule has 0 aromatic carbocycles. The quantitative estimate of drug-likeness (QED) is 0.679. The van der Waals surface area contributed by atoms with Crippen molar-refractivity contribution < 1.29 is 0 Å². The van der Waals surface area contributed by atoms with Gasteiger partial charge in [0.05, 0.1) is 0 Å². The van der Waals surface area contributed by atoms with Gasteiger partial charge in [0.25, 0.3) is 0 Å². The fourth-order valence-electron chi connectivity index (χ4n) is 1.76. The fourth-order valence-corrected chi connectivity index (χ4v) is 3.36. The number of nitrogens with one attached hydrogen (secondary N) is 1. The first kappa shape index (κ1) is 12.7. The average Bonchev–Trinajstić information content (AvgIpc) is 2.25. The van der Waals surface area contributed by atoms with Crippen molar-refractivity contribution in [2.24, 2.45) is 0 Å². The van der Waals surface area contributed by atoms with E-state index in [1.165, 1.54) is 55.9 Å². The summed E-state index contributed by atoms with van der Waals surface area (Å²) in [5.74, 6) is 4.06. The van der Waals surface area contributed by atoms with Crippen LogP contribution in [-0.2, 0) is 0 Å². The van der Waals surface area contributed by atoms with E-state index in [-0.39, 0.29) is 0 Å². The van der Waals surface area contributed by atoms with Crippen molar-refractivity contribution in [3.63, 3.8) is 0 Å². The molecule has 0 aromatic rings. The smallest absolute Gasteiger partial charge is 0.00827 e. The molecule has 14 heavy (non-hydrogen) atoms. The predicted octanol–water partition coefficient (Wildman–Crippen LogP) is 3.00. The highest BCUT2D eigenvalue weighted by atomic mass is 32.2. The summed E-state index contributed by atoms with van der Waals surface area (Å²) >= 11 is 4.07. The molecule has 0 unspecified atom stereocenters. The van der Waals surface area contributed by atoms with Crippen LogP contribution in [0.3, 0.4) is 0 Å².